The summed E-state index contributed by atoms with van der Waals surface area (Å²) in [4.78, 5) is 27.3. The number of fused-ring (bicyclic) bond motifs is 1. The van der Waals surface area contributed by atoms with E-state index in [1.165, 1.54) is 0 Å². The molecule has 0 bridgehead atoms. The molecule has 1 unspecified atom stereocenters. The van der Waals surface area contributed by atoms with Gasteiger partial charge in [-0.2, -0.15) is 0 Å². The second-order valence-corrected chi connectivity index (χ2v) is 7.30. The highest BCUT2D eigenvalue weighted by molar-refractivity contribution is 5.85. The van der Waals surface area contributed by atoms with E-state index in [0.29, 0.717) is 19.6 Å². The molecule has 1 fully saturated rings. The summed E-state index contributed by atoms with van der Waals surface area (Å²) in [5.41, 5.74) is 7.61. The van der Waals surface area contributed by atoms with E-state index >= 15 is 0 Å². The average Bonchev–Trinajstić information content (AvgIpc) is 2.82. The van der Waals surface area contributed by atoms with Crippen LogP contribution in [0.3, 0.4) is 0 Å². The fraction of sp³-hybridized carbons (Fsp3) is 0.556. The minimum Gasteiger partial charge on any atom is -0.340 e. The molecule has 1 aliphatic heterocycles. The van der Waals surface area contributed by atoms with Crippen LogP contribution in [-0.2, 0) is 17.9 Å². The van der Waals surface area contributed by atoms with Gasteiger partial charge in [0.15, 0.2) is 0 Å². The fourth-order valence-corrected chi connectivity index (χ4v) is 3.55. The van der Waals surface area contributed by atoms with Crippen molar-refractivity contribution in [2.24, 2.45) is 11.1 Å². The van der Waals surface area contributed by atoms with Crippen molar-refractivity contribution in [2.45, 2.75) is 46.3 Å². The van der Waals surface area contributed by atoms with Crippen molar-refractivity contribution in [3.05, 3.63) is 34.7 Å². The van der Waals surface area contributed by atoms with E-state index in [0.717, 1.165) is 17.5 Å². The third kappa shape index (κ3) is 3.46. The van der Waals surface area contributed by atoms with Gasteiger partial charge < -0.3 is 10.6 Å². The maximum Gasteiger partial charge on any atom is 0.329 e. The molecule has 0 radical (unpaired) electrons. The van der Waals surface area contributed by atoms with Gasteiger partial charge in [-0.3, -0.25) is 13.9 Å². The number of benzene rings is 1. The molecule has 1 aromatic heterocycles. The zero-order valence-corrected chi connectivity index (χ0v) is 15.9. The van der Waals surface area contributed by atoms with E-state index in [-0.39, 0.29) is 42.0 Å². The minimum absolute atomic E-state index is 0. The van der Waals surface area contributed by atoms with E-state index in [9.17, 15) is 9.59 Å². The van der Waals surface area contributed by atoms with Gasteiger partial charge in [0.1, 0.15) is 6.54 Å². The molecule has 2 heterocycles. The number of nitrogens with two attached hydrogens (primary N) is 1. The van der Waals surface area contributed by atoms with Crippen LogP contribution < -0.4 is 11.4 Å². The third-order valence-corrected chi connectivity index (χ3v) is 5.20. The highest BCUT2D eigenvalue weighted by Crippen LogP contribution is 2.27. The zero-order valence-electron chi connectivity index (χ0n) is 15.1. The van der Waals surface area contributed by atoms with Crippen LogP contribution >= 0.6 is 12.4 Å². The van der Waals surface area contributed by atoms with E-state index in [1.807, 2.05) is 36.1 Å². The summed E-state index contributed by atoms with van der Waals surface area (Å²) in [6.07, 6.45) is 0.796. The maximum atomic E-state index is 12.8. The molecular formula is C18H27ClN4O2. The first-order valence-electron chi connectivity index (χ1n) is 8.56. The van der Waals surface area contributed by atoms with Gasteiger partial charge in [-0.15, -0.1) is 12.4 Å². The minimum atomic E-state index is -0.125. The smallest absolute Gasteiger partial charge is 0.329 e. The summed E-state index contributed by atoms with van der Waals surface area (Å²) < 4.78 is 3.29. The summed E-state index contributed by atoms with van der Waals surface area (Å²) >= 11 is 0. The molecule has 2 aromatic rings. The molecule has 1 aromatic carbocycles. The largest absolute Gasteiger partial charge is 0.340 e. The topological polar surface area (TPSA) is 73.3 Å². The number of hydrogen-bond donors (Lipinski definition) is 1. The molecule has 138 valence electrons. The molecule has 25 heavy (non-hydrogen) atoms. The Morgan fingerprint density at radius 2 is 1.84 bits per heavy atom. The normalized spacial score (nSPS) is 19.7. The van der Waals surface area contributed by atoms with Gasteiger partial charge >= 0.3 is 5.69 Å². The fourth-order valence-electron chi connectivity index (χ4n) is 3.55. The van der Waals surface area contributed by atoms with Crippen LogP contribution in [0.5, 0.6) is 0 Å². The third-order valence-electron chi connectivity index (χ3n) is 5.20. The molecule has 0 spiro atoms. The quantitative estimate of drug-likeness (QED) is 0.900. The lowest BCUT2D eigenvalue weighted by Crippen LogP contribution is -2.54. The summed E-state index contributed by atoms with van der Waals surface area (Å²) in [6.45, 7) is 8.08. The van der Waals surface area contributed by atoms with Gasteiger partial charge in [-0.25, -0.2) is 4.79 Å². The summed E-state index contributed by atoms with van der Waals surface area (Å²) in [5, 5.41) is 0. The number of rotatable bonds is 3. The Morgan fingerprint density at radius 1 is 1.24 bits per heavy atom. The monoisotopic (exact) mass is 366 g/mol. The summed E-state index contributed by atoms with van der Waals surface area (Å²) in [7, 11) is 0. The van der Waals surface area contributed by atoms with Crippen molar-refractivity contribution in [2.75, 3.05) is 13.1 Å². The highest BCUT2D eigenvalue weighted by atomic mass is 35.5. The van der Waals surface area contributed by atoms with Crippen LogP contribution in [0, 0.1) is 5.41 Å². The van der Waals surface area contributed by atoms with Crippen LogP contribution in [0.2, 0.25) is 0 Å². The average molecular weight is 367 g/mol. The van der Waals surface area contributed by atoms with Crippen LogP contribution in [0.1, 0.15) is 27.2 Å². The Balaban J connectivity index is 0.00000225. The lowest BCUT2D eigenvalue weighted by Gasteiger charge is -2.42. The number of carbonyl (C=O) groups excluding carboxylic acids is 1. The number of piperidine rings is 1. The molecule has 7 heteroatoms. The molecule has 1 atom stereocenters. The number of hydrogen-bond acceptors (Lipinski definition) is 3. The van der Waals surface area contributed by atoms with Crippen molar-refractivity contribution in [1.82, 2.24) is 14.0 Å². The predicted molar refractivity (Wildman–Crippen MR) is 102 cm³/mol. The van der Waals surface area contributed by atoms with Crippen molar-refractivity contribution in [3.63, 3.8) is 0 Å². The predicted octanol–water partition coefficient (Wildman–Crippen LogP) is 1.83. The number of halogens is 1. The standard InChI is InChI=1S/C18H26N4O2.ClH/c1-4-21-13-7-5-6-8-14(13)22(17(21)24)11-16(23)20-10-9-15(19)18(2,3)12-20;/h5-8,15H,4,9-12,19H2,1-3H3;1H. The van der Waals surface area contributed by atoms with Gasteiger partial charge in [0.25, 0.3) is 0 Å². The number of aryl methyl sites for hydroxylation is 1. The molecule has 1 aliphatic rings. The number of amides is 1. The van der Waals surface area contributed by atoms with Gasteiger partial charge in [0.2, 0.25) is 5.91 Å². The Hall–Kier alpha value is -1.79. The van der Waals surface area contributed by atoms with Crippen LogP contribution in [-0.4, -0.2) is 39.1 Å². The van der Waals surface area contributed by atoms with Gasteiger partial charge in [-0.1, -0.05) is 26.0 Å². The number of para-hydroxylation sites is 2. The molecule has 1 saturated heterocycles. The van der Waals surface area contributed by atoms with Crippen molar-refractivity contribution in [1.29, 1.82) is 0 Å². The van der Waals surface area contributed by atoms with E-state index in [2.05, 4.69) is 13.8 Å². The van der Waals surface area contributed by atoms with Crippen molar-refractivity contribution >= 4 is 29.3 Å². The Labute approximate surface area is 154 Å². The number of aromatic nitrogens is 2. The number of nitrogens with zero attached hydrogens (tertiary/aromatic N) is 3. The first kappa shape index (κ1) is 19.5. The molecule has 1 amide bonds. The summed E-state index contributed by atoms with van der Waals surface area (Å²) in [6, 6.07) is 7.72. The molecule has 0 aliphatic carbocycles. The van der Waals surface area contributed by atoms with E-state index < -0.39 is 0 Å². The first-order valence-corrected chi connectivity index (χ1v) is 8.56. The van der Waals surface area contributed by atoms with E-state index in [1.54, 1.807) is 9.13 Å². The Bertz CT molecular complexity index is 824. The Morgan fingerprint density at radius 3 is 2.40 bits per heavy atom. The molecule has 0 saturated carbocycles. The second kappa shape index (κ2) is 7.22. The Kier molecular flexibility index (Phi) is 5.64. The number of imidazole rings is 1. The van der Waals surface area contributed by atoms with Gasteiger partial charge in [-0.05, 0) is 30.9 Å². The molecule has 3 rings (SSSR count). The van der Waals surface area contributed by atoms with E-state index in [4.69, 9.17) is 5.73 Å². The van der Waals surface area contributed by atoms with Gasteiger partial charge in [0.05, 0.1) is 11.0 Å². The first-order chi connectivity index (χ1) is 11.3. The maximum absolute atomic E-state index is 12.8. The lowest BCUT2D eigenvalue weighted by atomic mass is 9.79. The summed E-state index contributed by atoms with van der Waals surface area (Å²) in [5.74, 6) is -0.0175. The lowest BCUT2D eigenvalue weighted by molar-refractivity contribution is -0.135. The molecule has 6 nitrogen and oxygen atoms in total. The highest BCUT2D eigenvalue weighted by Gasteiger charge is 2.35. The van der Waals surface area contributed by atoms with Gasteiger partial charge in [0, 0.05) is 25.7 Å². The second-order valence-electron chi connectivity index (χ2n) is 7.30. The van der Waals surface area contributed by atoms with Crippen LogP contribution in [0.25, 0.3) is 11.0 Å². The van der Waals surface area contributed by atoms with Crippen molar-refractivity contribution < 1.29 is 4.79 Å². The van der Waals surface area contributed by atoms with Crippen LogP contribution in [0.4, 0.5) is 0 Å². The van der Waals surface area contributed by atoms with Crippen molar-refractivity contribution in [3.8, 4) is 0 Å². The number of carbonyl (C=O) groups is 1. The number of likely N-dealkylation sites (tertiary alicyclic amines) is 1. The van der Waals surface area contributed by atoms with Crippen LogP contribution in [0.15, 0.2) is 29.1 Å². The molecular weight excluding hydrogens is 340 g/mol. The zero-order chi connectivity index (χ0) is 17.5. The molecule has 2 N–H and O–H groups in total. The SMILES string of the molecule is CCn1c(=O)n(CC(=O)N2CCC(N)C(C)(C)C2)c2ccccc21.Cl.